The second-order valence-electron chi connectivity index (χ2n) is 7.96. The number of hydrogen-bond donors (Lipinski definition) is 0. The third-order valence-corrected chi connectivity index (χ3v) is 5.56. The van der Waals surface area contributed by atoms with Crippen molar-refractivity contribution >= 4 is 5.69 Å². The summed E-state index contributed by atoms with van der Waals surface area (Å²) in [5, 5.41) is 0. The van der Waals surface area contributed by atoms with E-state index in [1.807, 2.05) is 0 Å². The monoisotopic (exact) mass is 331 g/mol. The molecule has 0 N–H and O–H groups in total. The van der Waals surface area contributed by atoms with Gasteiger partial charge in [0.1, 0.15) is 0 Å². The highest BCUT2D eigenvalue weighted by atomic mass is 16.5. The molecule has 0 fully saturated rings. The maximum absolute atomic E-state index is 5.77. The van der Waals surface area contributed by atoms with Crippen molar-refractivity contribution in [2.24, 2.45) is 0 Å². The Morgan fingerprint density at radius 1 is 1.17 bits per heavy atom. The highest BCUT2D eigenvalue weighted by Crippen LogP contribution is 2.43. The predicted octanol–water partition coefficient (Wildman–Crippen LogP) is 6.15. The number of nitrogens with zero attached hydrogens (tertiary/aromatic N) is 1. The van der Waals surface area contributed by atoms with E-state index < -0.39 is 0 Å². The Hall–Kier alpha value is -1.02. The van der Waals surface area contributed by atoms with Gasteiger partial charge in [0, 0.05) is 24.4 Å². The largest absolute Gasteiger partial charge is 0.379 e. The molecular formula is C22H37NO. The van der Waals surface area contributed by atoms with Crippen molar-refractivity contribution in [3.05, 3.63) is 29.8 Å². The minimum atomic E-state index is 0.255. The summed E-state index contributed by atoms with van der Waals surface area (Å²) < 4.78 is 5.77. The second-order valence-corrected chi connectivity index (χ2v) is 7.96. The molecule has 0 radical (unpaired) electrons. The van der Waals surface area contributed by atoms with Crippen molar-refractivity contribution in [1.82, 2.24) is 0 Å². The maximum atomic E-state index is 5.77. The van der Waals surface area contributed by atoms with Gasteiger partial charge in [-0.1, -0.05) is 44.9 Å². The molecule has 2 atom stereocenters. The topological polar surface area (TPSA) is 12.5 Å². The van der Waals surface area contributed by atoms with Crippen LogP contribution < -0.4 is 4.90 Å². The molecule has 1 aromatic rings. The van der Waals surface area contributed by atoms with Crippen LogP contribution in [0.3, 0.4) is 0 Å². The van der Waals surface area contributed by atoms with Crippen LogP contribution in [0.4, 0.5) is 5.69 Å². The molecule has 2 heteroatoms. The molecule has 1 aliphatic heterocycles. The third kappa shape index (κ3) is 4.75. The summed E-state index contributed by atoms with van der Waals surface area (Å²) in [5.74, 6) is 0.656. The second kappa shape index (κ2) is 8.89. The Morgan fingerprint density at radius 3 is 2.62 bits per heavy atom. The summed E-state index contributed by atoms with van der Waals surface area (Å²) in [6.45, 7) is 13.5. The summed E-state index contributed by atoms with van der Waals surface area (Å²) in [4.78, 5) is 2.65. The normalized spacial score (nSPS) is 20.7. The molecule has 0 amide bonds. The first-order chi connectivity index (χ1) is 11.5. The number of fused-ring (bicyclic) bond motifs is 1. The standard InChI is InChI=1S/C22H37NO/c1-6-19(24-7-2)13-9-8-12-16-23-21-15-11-10-14-20(21)18(3)17-22(23,4)5/h10-11,14-15,18-19H,6-9,12-13,16-17H2,1-5H3. The quantitative estimate of drug-likeness (QED) is 0.503. The number of anilines is 1. The molecule has 0 bridgehead atoms. The maximum Gasteiger partial charge on any atom is 0.0572 e. The van der Waals surface area contributed by atoms with Crippen LogP contribution in [0, 0.1) is 0 Å². The van der Waals surface area contributed by atoms with E-state index in [4.69, 9.17) is 4.74 Å². The highest BCUT2D eigenvalue weighted by molar-refractivity contribution is 5.59. The van der Waals surface area contributed by atoms with Gasteiger partial charge in [0.05, 0.1) is 6.10 Å². The Kier molecular flexibility index (Phi) is 7.16. The van der Waals surface area contributed by atoms with E-state index in [9.17, 15) is 0 Å². The van der Waals surface area contributed by atoms with Crippen LogP contribution in [-0.2, 0) is 4.74 Å². The van der Waals surface area contributed by atoms with Crippen molar-refractivity contribution in [1.29, 1.82) is 0 Å². The number of ether oxygens (including phenoxy) is 1. The fourth-order valence-electron chi connectivity index (χ4n) is 4.33. The molecule has 1 heterocycles. The summed E-state index contributed by atoms with van der Waals surface area (Å²) >= 11 is 0. The molecule has 2 nitrogen and oxygen atoms in total. The van der Waals surface area contributed by atoms with Crippen molar-refractivity contribution in [2.45, 2.75) is 90.7 Å². The molecule has 0 aromatic heterocycles. The van der Waals surface area contributed by atoms with Crippen LogP contribution in [0.1, 0.15) is 84.6 Å². The number of unbranched alkanes of at least 4 members (excludes halogenated alkanes) is 2. The van der Waals surface area contributed by atoms with Crippen LogP contribution >= 0.6 is 0 Å². The predicted molar refractivity (Wildman–Crippen MR) is 105 cm³/mol. The van der Waals surface area contributed by atoms with Gasteiger partial charge in [0.25, 0.3) is 0 Å². The fourth-order valence-corrected chi connectivity index (χ4v) is 4.33. The van der Waals surface area contributed by atoms with Gasteiger partial charge >= 0.3 is 0 Å². The van der Waals surface area contributed by atoms with Gasteiger partial charge in [-0.25, -0.2) is 0 Å². The lowest BCUT2D eigenvalue weighted by Crippen LogP contribution is -2.48. The van der Waals surface area contributed by atoms with Crippen LogP contribution in [0.2, 0.25) is 0 Å². The minimum absolute atomic E-state index is 0.255. The lowest BCUT2D eigenvalue weighted by atomic mass is 9.80. The SMILES string of the molecule is CCOC(CC)CCCCCN1c2ccccc2C(C)CC1(C)C. The molecule has 1 aliphatic rings. The van der Waals surface area contributed by atoms with Gasteiger partial charge in [0.2, 0.25) is 0 Å². The molecule has 0 saturated carbocycles. The van der Waals surface area contributed by atoms with Crippen LogP contribution in [-0.4, -0.2) is 24.8 Å². The van der Waals surface area contributed by atoms with E-state index in [1.165, 1.54) is 49.9 Å². The molecule has 0 saturated heterocycles. The van der Waals surface area contributed by atoms with E-state index in [2.05, 4.69) is 63.8 Å². The van der Waals surface area contributed by atoms with E-state index in [0.717, 1.165) is 13.0 Å². The lowest BCUT2D eigenvalue weighted by Gasteiger charge is -2.47. The van der Waals surface area contributed by atoms with Crippen LogP contribution in [0.15, 0.2) is 24.3 Å². The number of rotatable bonds is 9. The molecule has 136 valence electrons. The Balaban J connectivity index is 1.88. The third-order valence-electron chi connectivity index (χ3n) is 5.56. The molecule has 2 rings (SSSR count). The number of benzene rings is 1. The zero-order valence-corrected chi connectivity index (χ0v) is 16.5. The van der Waals surface area contributed by atoms with Crippen molar-refractivity contribution < 1.29 is 4.74 Å². The number of hydrogen-bond acceptors (Lipinski definition) is 2. The van der Waals surface area contributed by atoms with Gasteiger partial charge in [-0.05, 0) is 64.0 Å². The van der Waals surface area contributed by atoms with E-state index in [0.29, 0.717) is 12.0 Å². The average Bonchev–Trinajstić information content (AvgIpc) is 2.55. The van der Waals surface area contributed by atoms with E-state index in [-0.39, 0.29) is 5.54 Å². The molecule has 1 aromatic carbocycles. The van der Waals surface area contributed by atoms with Gasteiger partial charge in [-0.3, -0.25) is 0 Å². The van der Waals surface area contributed by atoms with E-state index >= 15 is 0 Å². The van der Waals surface area contributed by atoms with Gasteiger partial charge in [-0.15, -0.1) is 0 Å². The number of para-hydroxylation sites is 1. The summed E-state index contributed by atoms with van der Waals surface area (Å²) in [7, 11) is 0. The van der Waals surface area contributed by atoms with Gasteiger partial charge in [0.15, 0.2) is 0 Å². The summed E-state index contributed by atoms with van der Waals surface area (Å²) in [5.41, 5.74) is 3.24. The molecule has 24 heavy (non-hydrogen) atoms. The molecule has 0 aliphatic carbocycles. The zero-order valence-electron chi connectivity index (χ0n) is 16.5. The Bertz CT molecular complexity index is 496. The van der Waals surface area contributed by atoms with Gasteiger partial charge in [-0.2, -0.15) is 0 Å². The summed E-state index contributed by atoms with van der Waals surface area (Å²) in [6.07, 6.45) is 7.90. The molecule has 0 spiro atoms. The Labute approximate surface area is 149 Å². The first-order valence-electron chi connectivity index (χ1n) is 9.97. The Morgan fingerprint density at radius 2 is 1.92 bits per heavy atom. The minimum Gasteiger partial charge on any atom is -0.379 e. The highest BCUT2D eigenvalue weighted by Gasteiger charge is 2.35. The fraction of sp³-hybridized carbons (Fsp3) is 0.727. The zero-order chi connectivity index (χ0) is 17.6. The summed E-state index contributed by atoms with van der Waals surface area (Å²) in [6, 6.07) is 9.00. The average molecular weight is 332 g/mol. The van der Waals surface area contributed by atoms with Crippen molar-refractivity contribution in [2.75, 3.05) is 18.1 Å². The van der Waals surface area contributed by atoms with Gasteiger partial charge < -0.3 is 9.64 Å². The van der Waals surface area contributed by atoms with Crippen LogP contribution in [0.25, 0.3) is 0 Å². The van der Waals surface area contributed by atoms with Crippen LogP contribution in [0.5, 0.6) is 0 Å². The molecule has 2 unspecified atom stereocenters. The van der Waals surface area contributed by atoms with Crippen molar-refractivity contribution in [3.8, 4) is 0 Å². The van der Waals surface area contributed by atoms with E-state index in [1.54, 1.807) is 0 Å². The first kappa shape index (κ1) is 19.3. The first-order valence-corrected chi connectivity index (χ1v) is 9.97. The lowest BCUT2D eigenvalue weighted by molar-refractivity contribution is 0.0524. The molecular weight excluding hydrogens is 294 g/mol. The van der Waals surface area contributed by atoms with Crippen molar-refractivity contribution in [3.63, 3.8) is 0 Å². The smallest absolute Gasteiger partial charge is 0.0572 e.